The molecule has 0 bridgehead atoms. The number of halogens is 1. The number of aryl methyl sites for hydroxylation is 1. The van der Waals surface area contributed by atoms with Gasteiger partial charge in [-0.05, 0) is 43.3 Å². The SMILES string of the molecule is Cc1cc(N2CCN(c3ccccn3)CC2)nc(Nc2ccc(F)cc2)n1. The Labute approximate surface area is 157 Å². The summed E-state index contributed by atoms with van der Waals surface area (Å²) >= 11 is 0. The highest BCUT2D eigenvalue weighted by molar-refractivity contribution is 5.56. The molecule has 1 N–H and O–H groups in total. The maximum Gasteiger partial charge on any atom is 0.229 e. The smallest absolute Gasteiger partial charge is 0.229 e. The molecule has 1 aromatic carbocycles. The Balaban J connectivity index is 1.46. The lowest BCUT2D eigenvalue weighted by Crippen LogP contribution is -2.47. The summed E-state index contributed by atoms with van der Waals surface area (Å²) in [7, 11) is 0. The second-order valence-corrected chi connectivity index (χ2v) is 6.49. The zero-order valence-corrected chi connectivity index (χ0v) is 15.1. The molecule has 3 aromatic rings. The van der Waals surface area contributed by atoms with E-state index in [1.54, 1.807) is 12.1 Å². The van der Waals surface area contributed by atoms with Gasteiger partial charge in [-0.15, -0.1) is 0 Å². The summed E-state index contributed by atoms with van der Waals surface area (Å²) in [4.78, 5) is 18.1. The van der Waals surface area contributed by atoms with Gasteiger partial charge in [0, 0.05) is 49.8 Å². The molecule has 1 fully saturated rings. The largest absolute Gasteiger partial charge is 0.353 e. The first-order valence-corrected chi connectivity index (χ1v) is 8.96. The van der Waals surface area contributed by atoms with Gasteiger partial charge in [0.15, 0.2) is 0 Å². The number of nitrogens with one attached hydrogen (secondary N) is 1. The normalized spacial score (nSPS) is 14.3. The number of piperazine rings is 1. The van der Waals surface area contributed by atoms with Crippen molar-refractivity contribution in [1.29, 1.82) is 0 Å². The lowest BCUT2D eigenvalue weighted by atomic mass is 10.3. The Morgan fingerprint density at radius 3 is 2.26 bits per heavy atom. The quantitative estimate of drug-likeness (QED) is 0.766. The van der Waals surface area contributed by atoms with Crippen LogP contribution >= 0.6 is 0 Å². The number of rotatable bonds is 4. The summed E-state index contributed by atoms with van der Waals surface area (Å²) in [5.41, 5.74) is 1.64. The van der Waals surface area contributed by atoms with Crippen LogP contribution in [0.3, 0.4) is 0 Å². The summed E-state index contributed by atoms with van der Waals surface area (Å²) in [6.45, 7) is 5.46. The second-order valence-electron chi connectivity index (χ2n) is 6.49. The highest BCUT2D eigenvalue weighted by Crippen LogP contribution is 2.21. The minimum absolute atomic E-state index is 0.267. The standard InChI is InChI=1S/C20H21FN6/c1-15-14-19(25-20(23-15)24-17-7-5-16(21)6-8-17)27-12-10-26(11-13-27)18-4-2-3-9-22-18/h2-9,14H,10-13H2,1H3,(H,23,24,25). The van der Waals surface area contributed by atoms with Gasteiger partial charge in [-0.25, -0.2) is 14.4 Å². The lowest BCUT2D eigenvalue weighted by molar-refractivity contribution is 0.628. The molecule has 0 aliphatic carbocycles. The van der Waals surface area contributed by atoms with Crippen LogP contribution < -0.4 is 15.1 Å². The topological polar surface area (TPSA) is 57.2 Å². The van der Waals surface area contributed by atoms with Gasteiger partial charge < -0.3 is 15.1 Å². The fourth-order valence-corrected chi connectivity index (χ4v) is 3.14. The van der Waals surface area contributed by atoms with Crippen LogP contribution in [0.15, 0.2) is 54.7 Å². The van der Waals surface area contributed by atoms with Crippen molar-refractivity contribution < 1.29 is 4.39 Å². The lowest BCUT2D eigenvalue weighted by Gasteiger charge is -2.36. The van der Waals surface area contributed by atoms with Gasteiger partial charge in [0.05, 0.1) is 0 Å². The third-order valence-electron chi connectivity index (χ3n) is 4.52. The predicted molar refractivity (Wildman–Crippen MR) is 105 cm³/mol. The minimum atomic E-state index is -0.267. The van der Waals surface area contributed by atoms with Crippen molar-refractivity contribution in [3.8, 4) is 0 Å². The molecule has 1 aliphatic heterocycles. The summed E-state index contributed by atoms with van der Waals surface area (Å²) in [5, 5.41) is 3.15. The Hall–Kier alpha value is -3.22. The molecule has 6 nitrogen and oxygen atoms in total. The molecule has 27 heavy (non-hydrogen) atoms. The third kappa shape index (κ3) is 4.13. The van der Waals surface area contributed by atoms with Gasteiger partial charge >= 0.3 is 0 Å². The van der Waals surface area contributed by atoms with Gasteiger partial charge in [0.2, 0.25) is 5.95 Å². The molecular formula is C20H21FN6. The Morgan fingerprint density at radius 1 is 0.889 bits per heavy atom. The summed E-state index contributed by atoms with van der Waals surface area (Å²) in [6, 6.07) is 14.1. The molecule has 0 spiro atoms. The fourth-order valence-electron chi connectivity index (χ4n) is 3.14. The first-order chi connectivity index (χ1) is 13.2. The zero-order chi connectivity index (χ0) is 18.6. The summed E-state index contributed by atoms with van der Waals surface area (Å²) in [6.07, 6.45) is 1.82. The summed E-state index contributed by atoms with van der Waals surface area (Å²) in [5.74, 6) is 2.16. The van der Waals surface area contributed by atoms with E-state index in [0.717, 1.165) is 49.2 Å². The number of aromatic nitrogens is 3. The van der Waals surface area contributed by atoms with Crippen molar-refractivity contribution in [2.75, 3.05) is 41.3 Å². The van der Waals surface area contributed by atoms with Crippen molar-refractivity contribution in [1.82, 2.24) is 15.0 Å². The van der Waals surface area contributed by atoms with Crippen LogP contribution in [0.2, 0.25) is 0 Å². The molecule has 138 valence electrons. The number of nitrogens with zero attached hydrogens (tertiary/aromatic N) is 5. The molecule has 1 saturated heterocycles. The Morgan fingerprint density at radius 2 is 1.59 bits per heavy atom. The molecule has 2 aromatic heterocycles. The van der Waals surface area contributed by atoms with E-state index >= 15 is 0 Å². The number of hydrogen-bond donors (Lipinski definition) is 1. The van der Waals surface area contributed by atoms with Crippen LogP contribution in [-0.2, 0) is 0 Å². The predicted octanol–water partition coefficient (Wildman–Crippen LogP) is 3.39. The molecule has 0 atom stereocenters. The Bertz CT molecular complexity index is 892. The third-order valence-corrected chi connectivity index (χ3v) is 4.52. The molecule has 0 saturated carbocycles. The highest BCUT2D eigenvalue weighted by atomic mass is 19.1. The van der Waals surface area contributed by atoms with Crippen LogP contribution in [0.25, 0.3) is 0 Å². The highest BCUT2D eigenvalue weighted by Gasteiger charge is 2.19. The molecule has 0 radical (unpaired) electrons. The van der Waals surface area contributed by atoms with Gasteiger partial charge in [-0.2, -0.15) is 4.98 Å². The second kappa shape index (κ2) is 7.57. The number of anilines is 4. The maximum atomic E-state index is 13.1. The first kappa shape index (κ1) is 17.2. The van der Waals surface area contributed by atoms with Crippen molar-refractivity contribution in [2.45, 2.75) is 6.92 Å². The van der Waals surface area contributed by atoms with Crippen molar-refractivity contribution in [3.63, 3.8) is 0 Å². The van der Waals surface area contributed by atoms with Crippen molar-refractivity contribution in [3.05, 3.63) is 66.2 Å². The molecule has 3 heterocycles. The van der Waals surface area contributed by atoms with Gasteiger partial charge in [-0.3, -0.25) is 0 Å². The number of pyridine rings is 1. The van der Waals surface area contributed by atoms with Gasteiger partial charge in [0.25, 0.3) is 0 Å². The van der Waals surface area contributed by atoms with E-state index in [2.05, 4.69) is 30.1 Å². The first-order valence-electron chi connectivity index (χ1n) is 8.96. The van der Waals surface area contributed by atoms with E-state index < -0.39 is 0 Å². The average molecular weight is 364 g/mol. The maximum absolute atomic E-state index is 13.1. The van der Waals surface area contributed by atoms with Gasteiger partial charge in [-0.1, -0.05) is 6.07 Å². The molecular weight excluding hydrogens is 343 g/mol. The van der Waals surface area contributed by atoms with E-state index in [-0.39, 0.29) is 5.82 Å². The molecule has 7 heteroatoms. The molecule has 0 amide bonds. The Kier molecular flexibility index (Phi) is 4.82. The van der Waals surface area contributed by atoms with Crippen molar-refractivity contribution >= 4 is 23.3 Å². The van der Waals surface area contributed by atoms with Crippen LogP contribution in [0.4, 0.5) is 27.7 Å². The van der Waals surface area contributed by atoms with E-state index in [4.69, 9.17) is 0 Å². The molecule has 1 aliphatic rings. The van der Waals surface area contributed by atoms with E-state index in [9.17, 15) is 4.39 Å². The average Bonchev–Trinajstić information content (AvgIpc) is 2.70. The fraction of sp³-hybridized carbons (Fsp3) is 0.250. The van der Waals surface area contributed by atoms with Crippen LogP contribution in [0.5, 0.6) is 0 Å². The number of benzene rings is 1. The van der Waals surface area contributed by atoms with E-state index in [1.165, 1.54) is 12.1 Å². The van der Waals surface area contributed by atoms with Crippen LogP contribution in [0, 0.1) is 12.7 Å². The zero-order valence-electron chi connectivity index (χ0n) is 15.1. The molecule has 4 rings (SSSR count). The summed E-state index contributed by atoms with van der Waals surface area (Å²) < 4.78 is 13.1. The number of hydrogen-bond acceptors (Lipinski definition) is 6. The van der Waals surface area contributed by atoms with Gasteiger partial charge in [0.1, 0.15) is 17.5 Å². The molecule has 0 unspecified atom stereocenters. The van der Waals surface area contributed by atoms with Crippen LogP contribution in [0.1, 0.15) is 5.69 Å². The van der Waals surface area contributed by atoms with Crippen LogP contribution in [-0.4, -0.2) is 41.1 Å². The monoisotopic (exact) mass is 364 g/mol. The van der Waals surface area contributed by atoms with E-state index in [1.807, 2.05) is 37.4 Å². The van der Waals surface area contributed by atoms with Crippen molar-refractivity contribution in [2.24, 2.45) is 0 Å². The minimum Gasteiger partial charge on any atom is -0.353 e. The van der Waals surface area contributed by atoms with E-state index in [0.29, 0.717) is 5.95 Å².